The lowest BCUT2D eigenvalue weighted by atomic mass is 10.2. The van der Waals surface area contributed by atoms with Crippen LogP contribution in [0, 0.1) is 0 Å². The van der Waals surface area contributed by atoms with Gasteiger partial charge in [-0.1, -0.05) is 24.3 Å². The van der Waals surface area contributed by atoms with Crippen molar-refractivity contribution in [3.63, 3.8) is 0 Å². The van der Waals surface area contributed by atoms with Gasteiger partial charge in [0.15, 0.2) is 0 Å². The average Bonchev–Trinajstić information content (AvgIpc) is 2.29. The van der Waals surface area contributed by atoms with Gasteiger partial charge >= 0.3 is 0 Å². The van der Waals surface area contributed by atoms with E-state index < -0.39 is 0 Å². The predicted octanol–water partition coefficient (Wildman–Crippen LogP) is 2.58. The monoisotopic (exact) mass is 225 g/mol. The molecule has 0 aromatic heterocycles. The molecule has 0 saturated heterocycles. The molecule has 0 bridgehead atoms. The van der Waals surface area contributed by atoms with Crippen LogP contribution in [0.15, 0.2) is 36.4 Å². The first kappa shape index (κ1) is 12.1. The summed E-state index contributed by atoms with van der Waals surface area (Å²) in [6.07, 6.45) is 3.95. The quantitative estimate of drug-likeness (QED) is 0.457. The molecular weight excluding hydrogens is 210 g/mol. The number of nitrogens with one attached hydrogen (secondary N) is 1. The Hall–Kier alpha value is -0.990. The Bertz CT molecular complexity index is 312. The van der Waals surface area contributed by atoms with E-state index in [1.165, 1.54) is 5.56 Å². The topological polar surface area (TPSA) is 21.3 Å². The van der Waals surface area contributed by atoms with Gasteiger partial charge in [0, 0.05) is 19.0 Å². The van der Waals surface area contributed by atoms with E-state index in [0.717, 1.165) is 18.8 Å². The molecule has 82 valence electrons. The van der Waals surface area contributed by atoms with Crippen molar-refractivity contribution in [3.8, 4) is 5.75 Å². The third-order valence-corrected chi connectivity index (χ3v) is 2.16. The minimum Gasteiger partial charge on any atom is -0.497 e. The zero-order valence-electron chi connectivity index (χ0n) is 8.87. The molecule has 0 amide bonds. The number of hydrogen-bond acceptors (Lipinski definition) is 2. The summed E-state index contributed by atoms with van der Waals surface area (Å²) in [6.45, 7) is 1.67. The first-order valence-electron chi connectivity index (χ1n) is 4.91. The number of rotatable bonds is 6. The van der Waals surface area contributed by atoms with Crippen molar-refractivity contribution in [2.24, 2.45) is 0 Å². The fourth-order valence-corrected chi connectivity index (χ4v) is 1.35. The van der Waals surface area contributed by atoms with E-state index in [1.54, 1.807) is 7.11 Å². The fourth-order valence-electron chi connectivity index (χ4n) is 1.23. The van der Waals surface area contributed by atoms with Crippen LogP contribution >= 0.6 is 11.6 Å². The van der Waals surface area contributed by atoms with E-state index in [-0.39, 0.29) is 0 Å². The maximum atomic E-state index is 5.51. The van der Waals surface area contributed by atoms with Crippen molar-refractivity contribution < 1.29 is 4.74 Å². The van der Waals surface area contributed by atoms with Crippen molar-refractivity contribution in [3.05, 3.63) is 42.0 Å². The van der Waals surface area contributed by atoms with Gasteiger partial charge < -0.3 is 10.1 Å². The molecule has 0 aliphatic rings. The minimum absolute atomic E-state index is 0.570. The standard InChI is InChI=1S/C12H16ClNO/c1-15-12-6-4-5-11(9-12)10-14-8-3-2-7-13/h2-6,9,14H,7-8,10H2,1H3/b3-2+. The molecule has 0 unspecified atom stereocenters. The lowest BCUT2D eigenvalue weighted by molar-refractivity contribution is 0.414. The summed E-state index contributed by atoms with van der Waals surface area (Å²) in [6, 6.07) is 8.03. The third-order valence-electron chi connectivity index (χ3n) is 1.98. The van der Waals surface area contributed by atoms with Gasteiger partial charge in [-0.25, -0.2) is 0 Å². The molecule has 15 heavy (non-hydrogen) atoms. The third kappa shape index (κ3) is 4.86. The van der Waals surface area contributed by atoms with Gasteiger partial charge in [0.1, 0.15) is 5.75 Å². The molecule has 1 rings (SSSR count). The van der Waals surface area contributed by atoms with Crippen LogP contribution in [0.3, 0.4) is 0 Å². The van der Waals surface area contributed by atoms with E-state index in [0.29, 0.717) is 5.88 Å². The molecule has 0 aliphatic carbocycles. The van der Waals surface area contributed by atoms with Crippen molar-refractivity contribution in [2.75, 3.05) is 19.5 Å². The van der Waals surface area contributed by atoms with Crippen LogP contribution in [0.1, 0.15) is 5.56 Å². The van der Waals surface area contributed by atoms with Gasteiger partial charge in [-0.2, -0.15) is 0 Å². The normalized spacial score (nSPS) is 10.8. The first-order chi connectivity index (χ1) is 7.36. The molecular formula is C12H16ClNO. The number of halogens is 1. The van der Waals surface area contributed by atoms with Crippen molar-refractivity contribution in [2.45, 2.75) is 6.54 Å². The van der Waals surface area contributed by atoms with Crippen molar-refractivity contribution in [1.82, 2.24) is 5.32 Å². The Morgan fingerprint density at radius 1 is 1.40 bits per heavy atom. The first-order valence-corrected chi connectivity index (χ1v) is 5.45. The second-order valence-electron chi connectivity index (χ2n) is 3.11. The molecule has 1 aromatic rings. The predicted molar refractivity (Wildman–Crippen MR) is 64.6 cm³/mol. The highest BCUT2D eigenvalue weighted by molar-refractivity contribution is 6.18. The van der Waals surface area contributed by atoms with Crippen LogP contribution in [-0.2, 0) is 6.54 Å². The Morgan fingerprint density at radius 3 is 3.00 bits per heavy atom. The van der Waals surface area contributed by atoms with E-state index in [4.69, 9.17) is 16.3 Å². The maximum Gasteiger partial charge on any atom is 0.119 e. The van der Waals surface area contributed by atoms with Gasteiger partial charge in [-0.05, 0) is 17.7 Å². The molecule has 3 heteroatoms. The number of alkyl halides is 1. The minimum atomic E-state index is 0.570. The lowest BCUT2D eigenvalue weighted by Gasteiger charge is -2.04. The van der Waals surface area contributed by atoms with E-state index >= 15 is 0 Å². The van der Waals surface area contributed by atoms with Crippen LogP contribution in [0.5, 0.6) is 5.75 Å². The van der Waals surface area contributed by atoms with Gasteiger partial charge in [0.25, 0.3) is 0 Å². The van der Waals surface area contributed by atoms with Crippen LogP contribution < -0.4 is 10.1 Å². The number of methoxy groups -OCH3 is 1. The van der Waals surface area contributed by atoms with Crippen LogP contribution in [0.2, 0.25) is 0 Å². The van der Waals surface area contributed by atoms with Gasteiger partial charge in [0.2, 0.25) is 0 Å². The van der Waals surface area contributed by atoms with E-state index in [1.807, 2.05) is 30.4 Å². The van der Waals surface area contributed by atoms with Crippen LogP contribution in [0.25, 0.3) is 0 Å². The Labute approximate surface area is 95.9 Å². The van der Waals surface area contributed by atoms with Crippen molar-refractivity contribution in [1.29, 1.82) is 0 Å². The molecule has 0 fully saturated rings. The number of benzene rings is 1. The molecule has 1 N–H and O–H groups in total. The molecule has 0 radical (unpaired) electrons. The molecule has 0 heterocycles. The Kier molecular flexibility index (Phi) is 5.90. The summed E-state index contributed by atoms with van der Waals surface area (Å²) >= 11 is 5.51. The van der Waals surface area contributed by atoms with Gasteiger partial charge in [0.05, 0.1) is 7.11 Å². The summed E-state index contributed by atoms with van der Waals surface area (Å²) in [4.78, 5) is 0. The highest BCUT2D eigenvalue weighted by atomic mass is 35.5. The second kappa shape index (κ2) is 7.32. The zero-order chi connectivity index (χ0) is 10.9. The second-order valence-corrected chi connectivity index (χ2v) is 3.42. The average molecular weight is 226 g/mol. The molecule has 0 saturated carbocycles. The zero-order valence-corrected chi connectivity index (χ0v) is 9.63. The highest BCUT2D eigenvalue weighted by Crippen LogP contribution is 2.11. The number of hydrogen-bond donors (Lipinski definition) is 1. The number of ether oxygens (including phenoxy) is 1. The highest BCUT2D eigenvalue weighted by Gasteiger charge is 1.93. The fraction of sp³-hybridized carbons (Fsp3) is 0.333. The molecule has 0 aliphatic heterocycles. The lowest BCUT2D eigenvalue weighted by Crippen LogP contribution is -2.12. The SMILES string of the molecule is COc1cccc(CNC/C=C/CCl)c1. The maximum absolute atomic E-state index is 5.51. The molecule has 1 aromatic carbocycles. The van der Waals surface area contributed by atoms with Gasteiger partial charge in [-0.15, -0.1) is 11.6 Å². The largest absolute Gasteiger partial charge is 0.497 e. The summed E-state index contributed by atoms with van der Waals surface area (Å²) in [5, 5.41) is 3.29. The van der Waals surface area contributed by atoms with Crippen LogP contribution in [-0.4, -0.2) is 19.5 Å². The molecule has 2 nitrogen and oxygen atoms in total. The van der Waals surface area contributed by atoms with Gasteiger partial charge in [-0.3, -0.25) is 0 Å². The van der Waals surface area contributed by atoms with E-state index in [9.17, 15) is 0 Å². The van der Waals surface area contributed by atoms with Crippen molar-refractivity contribution >= 4 is 11.6 Å². The summed E-state index contributed by atoms with van der Waals surface area (Å²) in [7, 11) is 1.68. The van der Waals surface area contributed by atoms with Crippen LogP contribution in [0.4, 0.5) is 0 Å². The summed E-state index contributed by atoms with van der Waals surface area (Å²) in [5.74, 6) is 1.46. The summed E-state index contributed by atoms with van der Waals surface area (Å²) in [5.41, 5.74) is 1.22. The molecule has 0 atom stereocenters. The Balaban J connectivity index is 2.33. The molecule has 0 spiro atoms. The van der Waals surface area contributed by atoms with E-state index in [2.05, 4.69) is 11.4 Å². The number of allylic oxidation sites excluding steroid dienone is 1. The Morgan fingerprint density at radius 2 is 2.27 bits per heavy atom. The smallest absolute Gasteiger partial charge is 0.119 e. The summed E-state index contributed by atoms with van der Waals surface area (Å²) < 4.78 is 5.14.